The van der Waals surface area contributed by atoms with Gasteiger partial charge in [0.2, 0.25) is 11.8 Å². The molecule has 0 aromatic carbocycles. The molecule has 2 aliphatic carbocycles. The Bertz CT molecular complexity index is 496. The summed E-state index contributed by atoms with van der Waals surface area (Å²) in [5, 5.41) is 8.46. The van der Waals surface area contributed by atoms with E-state index in [2.05, 4.69) is 42.8 Å². The van der Waals surface area contributed by atoms with Crippen LogP contribution in [-0.4, -0.2) is 40.4 Å². The predicted molar refractivity (Wildman–Crippen MR) is 84.6 cm³/mol. The molecule has 124 valence electrons. The van der Waals surface area contributed by atoms with E-state index in [0.29, 0.717) is 18.1 Å². The molecular formula is C17H29N3O2. The van der Waals surface area contributed by atoms with Crippen molar-refractivity contribution in [3.63, 3.8) is 0 Å². The average molecular weight is 307 g/mol. The van der Waals surface area contributed by atoms with Crippen LogP contribution in [0.4, 0.5) is 0 Å². The van der Waals surface area contributed by atoms with Crippen LogP contribution in [0.15, 0.2) is 4.42 Å². The van der Waals surface area contributed by atoms with E-state index in [1.165, 1.54) is 12.8 Å². The number of aromatic nitrogens is 2. The van der Waals surface area contributed by atoms with Crippen molar-refractivity contribution >= 4 is 0 Å². The van der Waals surface area contributed by atoms with Crippen LogP contribution < -0.4 is 0 Å². The maximum Gasteiger partial charge on any atom is 0.230 e. The Hall–Kier alpha value is -0.940. The normalized spacial score (nSPS) is 27.1. The third-order valence-corrected chi connectivity index (χ3v) is 5.19. The van der Waals surface area contributed by atoms with Gasteiger partial charge in [0.1, 0.15) is 0 Å². The van der Waals surface area contributed by atoms with Crippen molar-refractivity contribution in [2.45, 2.75) is 78.0 Å². The van der Waals surface area contributed by atoms with Crippen molar-refractivity contribution < 1.29 is 9.15 Å². The standard InChI is InChI=1S/C17H29N3O2/c1-5-9-20(13-10-14(21-6-2)17(13,3)4)11-15-18-19-16(22-15)12-7-8-12/h12-14H,5-11H2,1-4H3/t13-,14-/m0/s1. The van der Waals surface area contributed by atoms with E-state index in [4.69, 9.17) is 9.15 Å². The van der Waals surface area contributed by atoms with Gasteiger partial charge < -0.3 is 9.15 Å². The topological polar surface area (TPSA) is 51.4 Å². The van der Waals surface area contributed by atoms with Crippen LogP contribution in [0.3, 0.4) is 0 Å². The van der Waals surface area contributed by atoms with Gasteiger partial charge in [-0.2, -0.15) is 0 Å². The third kappa shape index (κ3) is 3.06. The first kappa shape index (κ1) is 15.9. The zero-order chi connectivity index (χ0) is 15.7. The van der Waals surface area contributed by atoms with E-state index in [1.807, 2.05) is 0 Å². The molecule has 3 rings (SSSR count). The van der Waals surface area contributed by atoms with Crippen LogP contribution in [0.5, 0.6) is 0 Å². The monoisotopic (exact) mass is 307 g/mol. The van der Waals surface area contributed by atoms with Crippen molar-refractivity contribution in [3.05, 3.63) is 11.8 Å². The average Bonchev–Trinajstić information content (AvgIpc) is 3.23. The lowest BCUT2D eigenvalue weighted by atomic mass is 9.63. The molecule has 0 aliphatic heterocycles. The zero-order valence-electron chi connectivity index (χ0n) is 14.3. The van der Waals surface area contributed by atoms with E-state index < -0.39 is 0 Å². The predicted octanol–water partition coefficient (Wildman–Crippen LogP) is 3.36. The molecular weight excluding hydrogens is 278 g/mol. The van der Waals surface area contributed by atoms with E-state index in [0.717, 1.165) is 44.3 Å². The van der Waals surface area contributed by atoms with E-state index in [1.54, 1.807) is 0 Å². The highest BCUT2D eigenvalue weighted by Gasteiger charge is 2.51. The third-order valence-electron chi connectivity index (χ3n) is 5.19. The van der Waals surface area contributed by atoms with Crippen LogP contribution in [0.1, 0.15) is 71.1 Å². The Balaban J connectivity index is 1.64. The fourth-order valence-electron chi connectivity index (χ4n) is 3.60. The highest BCUT2D eigenvalue weighted by Crippen LogP contribution is 2.46. The first-order chi connectivity index (χ1) is 10.6. The summed E-state index contributed by atoms with van der Waals surface area (Å²) in [5.41, 5.74) is 0.185. The van der Waals surface area contributed by atoms with Crippen molar-refractivity contribution in [1.82, 2.24) is 15.1 Å². The molecule has 0 amide bonds. The number of nitrogens with zero attached hydrogens (tertiary/aromatic N) is 3. The summed E-state index contributed by atoms with van der Waals surface area (Å²) in [5.74, 6) is 2.14. The lowest BCUT2D eigenvalue weighted by molar-refractivity contribution is -0.152. The second kappa shape index (κ2) is 6.28. The zero-order valence-corrected chi connectivity index (χ0v) is 14.3. The van der Waals surface area contributed by atoms with Crippen molar-refractivity contribution in [2.75, 3.05) is 13.2 Å². The quantitative estimate of drug-likeness (QED) is 0.737. The number of hydrogen-bond acceptors (Lipinski definition) is 5. The Morgan fingerprint density at radius 1 is 1.27 bits per heavy atom. The van der Waals surface area contributed by atoms with Crippen LogP contribution in [0.25, 0.3) is 0 Å². The van der Waals surface area contributed by atoms with E-state index in [-0.39, 0.29) is 5.41 Å². The minimum Gasteiger partial charge on any atom is -0.424 e. The maximum atomic E-state index is 5.87. The van der Waals surface area contributed by atoms with Gasteiger partial charge in [0.15, 0.2) is 0 Å². The summed E-state index contributed by atoms with van der Waals surface area (Å²) in [4.78, 5) is 2.50. The van der Waals surface area contributed by atoms with E-state index >= 15 is 0 Å². The van der Waals surface area contributed by atoms with Gasteiger partial charge in [0.25, 0.3) is 0 Å². The molecule has 1 heterocycles. The van der Waals surface area contributed by atoms with Gasteiger partial charge in [0, 0.05) is 24.0 Å². The summed E-state index contributed by atoms with van der Waals surface area (Å²) in [6.45, 7) is 11.5. The van der Waals surface area contributed by atoms with Crippen LogP contribution in [-0.2, 0) is 11.3 Å². The number of ether oxygens (including phenoxy) is 1. The van der Waals surface area contributed by atoms with Gasteiger partial charge in [0.05, 0.1) is 12.6 Å². The lowest BCUT2D eigenvalue weighted by Gasteiger charge is -2.55. The van der Waals surface area contributed by atoms with Gasteiger partial charge in [-0.1, -0.05) is 20.8 Å². The molecule has 0 saturated heterocycles. The molecule has 1 aromatic heterocycles. The molecule has 0 bridgehead atoms. The summed E-state index contributed by atoms with van der Waals surface area (Å²) in [7, 11) is 0. The molecule has 2 saturated carbocycles. The number of rotatable bonds is 8. The van der Waals surface area contributed by atoms with Crippen LogP contribution >= 0.6 is 0 Å². The Labute approximate surface area is 133 Å². The second-order valence-corrected chi connectivity index (χ2v) is 7.30. The Morgan fingerprint density at radius 3 is 2.64 bits per heavy atom. The van der Waals surface area contributed by atoms with Crippen LogP contribution in [0.2, 0.25) is 0 Å². The summed E-state index contributed by atoms with van der Waals surface area (Å²) in [6, 6.07) is 0.528. The van der Waals surface area contributed by atoms with Crippen molar-refractivity contribution in [3.8, 4) is 0 Å². The molecule has 1 aromatic rings. The molecule has 0 N–H and O–H groups in total. The molecule has 5 heteroatoms. The molecule has 2 atom stereocenters. The summed E-state index contributed by atoms with van der Waals surface area (Å²) in [6.07, 6.45) is 5.00. The first-order valence-electron chi connectivity index (χ1n) is 8.74. The lowest BCUT2D eigenvalue weighted by Crippen LogP contribution is -2.62. The minimum absolute atomic E-state index is 0.185. The summed E-state index contributed by atoms with van der Waals surface area (Å²) < 4.78 is 11.7. The highest BCUT2D eigenvalue weighted by atomic mass is 16.5. The fourth-order valence-corrected chi connectivity index (χ4v) is 3.60. The van der Waals surface area contributed by atoms with Gasteiger partial charge in [-0.25, -0.2) is 0 Å². The molecule has 0 spiro atoms. The van der Waals surface area contributed by atoms with Gasteiger partial charge in [-0.15, -0.1) is 10.2 Å². The van der Waals surface area contributed by atoms with Crippen LogP contribution in [0, 0.1) is 5.41 Å². The van der Waals surface area contributed by atoms with Gasteiger partial charge in [-0.3, -0.25) is 4.90 Å². The second-order valence-electron chi connectivity index (χ2n) is 7.30. The van der Waals surface area contributed by atoms with E-state index in [9.17, 15) is 0 Å². The number of hydrogen-bond donors (Lipinski definition) is 0. The largest absolute Gasteiger partial charge is 0.424 e. The smallest absolute Gasteiger partial charge is 0.230 e. The molecule has 5 nitrogen and oxygen atoms in total. The van der Waals surface area contributed by atoms with Gasteiger partial charge >= 0.3 is 0 Å². The summed E-state index contributed by atoms with van der Waals surface area (Å²) >= 11 is 0. The van der Waals surface area contributed by atoms with Crippen molar-refractivity contribution in [2.24, 2.45) is 5.41 Å². The van der Waals surface area contributed by atoms with Gasteiger partial charge in [-0.05, 0) is 39.2 Å². The minimum atomic E-state index is 0.185. The molecule has 2 fully saturated rings. The highest BCUT2D eigenvalue weighted by molar-refractivity contribution is 5.05. The molecule has 2 aliphatic rings. The molecule has 0 unspecified atom stereocenters. The Morgan fingerprint density at radius 2 is 2.05 bits per heavy atom. The Kier molecular flexibility index (Phi) is 4.55. The maximum absolute atomic E-state index is 5.87. The van der Waals surface area contributed by atoms with Crippen molar-refractivity contribution in [1.29, 1.82) is 0 Å². The fraction of sp³-hybridized carbons (Fsp3) is 0.882. The SMILES string of the molecule is CCCN(Cc1nnc(C2CC2)o1)[C@H]1C[C@H](OCC)C1(C)C. The molecule has 0 radical (unpaired) electrons. The molecule has 22 heavy (non-hydrogen) atoms. The first-order valence-corrected chi connectivity index (χ1v) is 8.74.